The topological polar surface area (TPSA) is 77.0 Å². The van der Waals surface area contributed by atoms with E-state index in [0.29, 0.717) is 11.1 Å². The van der Waals surface area contributed by atoms with Crippen molar-refractivity contribution in [3.8, 4) is 0 Å². The molecule has 0 atom stereocenters. The van der Waals surface area contributed by atoms with Crippen LogP contribution in [-0.4, -0.2) is 15.2 Å². The van der Waals surface area contributed by atoms with Crippen molar-refractivity contribution in [2.75, 3.05) is 5.32 Å². The normalized spacial score (nSPS) is 10.9. The van der Waals surface area contributed by atoms with Crippen LogP contribution in [0.15, 0.2) is 27.4 Å². The minimum atomic E-state index is -0.559. The van der Waals surface area contributed by atoms with E-state index in [1.807, 2.05) is 0 Å². The van der Waals surface area contributed by atoms with Crippen molar-refractivity contribution < 1.29 is 13.2 Å². The largest absolute Gasteiger partial charge is 0.423 e. The summed E-state index contributed by atoms with van der Waals surface area (Å²) >= 11 is 5.62. The number of oxazole rings is 1. The van der Waals surface area contributed by atoms with Crippen LogP contribution in [0.5, 0.6) is 0 Å². The average molecular weight is 255 g/mol. The Kier molecular flexibility index (Phi) is 2.19. The highest BCUT2D eigenvalue weighted by Crippen LogP contribution is 2.26. The highest BCUT2D eigenvalue weighted by Gasteiger charge is 2.11. The van der Waals surface area contributed by atoms with Crippen LogP contribution in [0.25, 0.3) is 11.1 Å². The zero-order valence-corrected chi connectivity index (χ0v) is 8.90. The fraction of sp³-hybridized carbons (Fsp3) is 0. The molecule has 1 N–H and O–H groups in total. The molecule has 17 heavy (non-hydrogen) atoms. The van der Waals surface area contributed by atoms with E-state index in [0.717, 1.165) is 6.39 Å². The Morgan fingerprint density at radius 1 is 1.29 bits per heavy atom. The monoisotopic (exact) mass is 254 g/mol. The van der Waals surface area contributed by atoms with Gasteiger partial charge in [0.2, 0.25) is 6.39 Å². The molecule has 86 valence electrons. The second kappa shape index (κ2) is 3.70. The highest BCUT2D eigenvalue weighted by molar-refractivity contribution is 6.31. The second-order valence-electron chi connectivity index (χ2n) is 3.12. The van der Waals surface area contributed by atoms with Crippen molar-refractivity contribution in [2.45, 2.75) is 0 Å². The molecule has 2 heterocycles. The highest BCUT2D eigenvalue weighted by atomic mass is 35.5. The summed E-state index contributed by atoms with van der Waals surface area (Å²) in [5, 5.41) is 9.66. The van der Waals surface area contributed by atoms with Crippen molar-refractivity contribution in [1.29, 1.82) is 0 Å². The summed E-state index contributed by atoms with van der Waals surface area (Å²) in [7, 11) is 0. The van der Waals surface area contributed by atoms with Crippen LogP contribution >= 0.6 is 11.6 Å². The molecule has 3 rings (SSSR count). The van der Waals surface area contributed by atoms with E-state index in [2.05, 4.69) is 20.5 Å². The van der Waals surface area contributed by atoms with Gasteiger partial charge in [0.25, 0.3) is 0 Å². The standard InChI is InChI=1S/C9H4ClFN4O2/c10-4-1-7-6(2-5(4)11)13-8(17-7)14-9-15-12-3-16-9/h1-3H,(H,13,14,15). The molecule has 6 nitrogen and oxygen atoms in total. The van der Waals surface area contributed by atoms with Crippen molar-refractivity contribution in [3.63, 3.8) is 0 Å². The molecule has 8 heteroatoms. The smallest absolute Gasteiger partial charge is 0.323 e. The van der Waals surface area contributed by atoms with Crippen LogP contribution in [0.4, 0.5) is 16.4 Å². The third-order valence-corrected chi connectivity index (χ3v) is 2.29. The van der Waals surface area contributed by atoms with Gasteiger partial charge in [-0.3, -0.25) is 5.32 Å². The zero-order chi connectivity index (χ0) is 11.8. The summed E-state index contributed by atoms with van der Waals surface area (Å²) < 4.78 is 23.3. The van der Waals surface area contributed by atoms with Gasteiger partial charge in [-0.05, 0) is 0 Å². The Labute approximate surface area is 98.4 Å². The number of benzene rings is 1. The van der Waals surface area contributed by atoms with E-state index in [1.165, 1.54) is 12.1 Å². The molecule has 0 saturated heterocycles. The average Bonchev–Trinajstić information content (AvgIpc) is 2.89. The molecule has 0 amide bonds. The number of hydrogen-bond acceptors (Lipinski definition) is 6. The van der Waals surface area contributed by atoms with Gasteiger partial charge in [-0.25, -0.2) is 4.39 Å². The van der Waals surface area contributed by atoms with Crippen molar-refractivity contribution in [2.24, 2.45) is 0 Å². The number of halogens is 2. The van der Waals surface area contributed by atoms with Crippen molar-refractivity contribution in [1.82, 2.24) is 15.2 Å². The molecule has 2 aromatic heterocycles. The second-order valence-corrected chi connectivity index (χ2v) is 3.53. The van der Waals surface area contributed by atoms with Gasteiger partial charge in [0.05, 0.1) is 5.02 Å². The quantitative estimate of drug-likeness (QED) is 0.758. The van der Waals surface area contributed by atoms with Gasteiger partial charge in [-0.15, -0.1) is 5.10 Å². The molecule has 0 bridgehead atoms. The summed E-state index contributed by atoms with van der Waals surface area (Å²) in [6.45, 7) is 0. The van der Waals surface area contributed by atoms with Crippen LogP contribution in [0.2, 0.25) is 5.02 Å². The Morgan fingerprint density at radius 3 is 2.94 bits per heavy atom. The lowest BCUT2D eigenvalue weighted by molar-refractivity contribution is 0.559. The number of rotatable bonds is 2. The maximum atomic E-state index is 13.2. The van der Waals surface area contributed by atoms with Crippen LogP contribution in [-0.2, 0) is 0 Å². The maximum Gasteiger partial charge on any atom is 0.323 e. The lowest BCUT2D eigenvalue weighted by atomic mass is 10.3. The van der Waals surface area contributed by atoms with Gasteiger partial charge >= 0.3 is 12.0 Å². The summed E-state index contributed by atoms with van der Waals surface area (Å²) in [6, 6.07) is 2.77. The molecule has 0 saturated carbocycles. The summed E-state index contributed by atoms with van der Waals surface area (Å²) in [5.41, 5.74) is 0.701. The van der Waals surface area contributed by atoms with E-state index in [4.69, 9.17) is 20.4 Å². The van der Waals surface area contributed by atoms with Gasteiger partial charge in [0.1, 0.15) is 11.3 Å². The molecule has 0 spiro atoms. The maximum absolute atomic E-state index is 13.2. The van der Waals surface area contributed by atoms with Gasteiger partial charge in [0.15, 0.2) is 5.58 Å². The van der Waals surface area contributed by atoms with Crippen molar-refractivity contribution in [3.05, 3.63) is 29.4 Å². The van der Waals surface area contributed by atoms with Crippen LogP contribution < -0.4 is 5.32 Å². The SMILES string of the molecule is Fc1cc2nc(Nc3nnco3)oc2cc1Cl. The van der Waals surface area contributed by atoms with Crippen LogP contribution in [0.1, 0.15) is 0 Å². The minimum Gasteiger partial charge on any atom is -0.423 e. The molecule has 0 aliphatic heterocycles. The number of fused-ring (bicyclic) bond motifs is 1. The molecule has 0 aliphatic rings. The van der Waals surface area contributed by atoms with E-state index >= 15 is 0 Å². The third-order valence-electron chi connectivity index (χ3n) is 2.00. The molecule has 0 aliphatic carbocycles. The minimum absolute atomic E-state index is 0.0296. The fourth-order valence-electron chi connectivity index (χ4n) is 1.30. The molecule has 1 aromatic carbocycles. The van der Waals surface area contributed by atoms with E-state index < -0.39 is 5.82 Å². The first-order valence-electron chi connectivity index (χ1n) is 4.51. The molecule has 0 radical (unpaired) electrons. The molecular weight excluding hydrogens is 251 g/mol. The van der Waals surface area contributed by atoms with Gasteiger partial charge in [0, 0.05) is 12.1 Å². The summed E-state index contributed by atoms with van der Waals surface area (Å²) in [4.78, 5) is 3.99. The van der Waals surface area contributed by atoms with Gasteiger partial charge < -0.3 is 8.83 Å². The van der Waals surface area contributed by atoms with E-state index in [9.17, 15) is 4.39 Å². The molecule has 3 aromatic rings. The Balaban J connectivity index is 2.02. The number of hydrogen-bond donors (Lipinski definition) is 1. The predicted molar refractivity (Wildman–Crippen MR) is 56.6 cm³/mol. The van der Waals surface area contributed by atoms with Gasteiger partial charge in [-0.1, -0.05) is 16.7 Å². The molecular formula is C9H4ClFN4O2. The van der Waals surface area contributed by atoms with Crippen LogP contribution in [0.3, 0.4) is 0 Å². The molecule has 0 unspecified atom stereocenters. The lowest BCUT2D eigenvalue weighted by Gasteiger charge is -1.91. The summed E-state index contributed by atoms with van der Waals surface area (Å²) in [5.74, 6) is -0.559. The summed E-state index contributed by atoms with van der Waals surface area (Å²) in [6.07, 6.45) is 1.15. The predicted octanol–water partition coefficient (Wildman–Crippen LogP) is 2.75. The number of nitrogens with one attached hydrogen (secondary N) is 1. The first-order chi connectivity index (χ1) is 8.22. The number of aromatic nitrogens is 3. The first kappa shape index (κ1) is 10.0. The lowest BCUT2D eigenvalue weighted by Crippen LogP contribution is -1.89. The Bertz CT molecular complexity index is 628. The molecule has 0 fully saturated rings. The Morgan fingerprint density at radius 2 is 2.18 bits per heavy atom. The van der Waals surface area contributed by atoms with E-state index in [-0.39, 0.29) is 17.1 Å². The van der Waals surface area contributed by atoms with E-state index in [1.54, 1.807) is 0 Å². The van der Waals surface area contributed by atoms with Crippen LogP contribution in [0, 0.1) is 5.82 Å². The number of anilines is 2. The van der Waals surface area contributed by atoms with Gasteiger partial charge in [-0.2, -0.15) is 4.98 Å². The third kappa shape index (κ3) is 1.80. The zero-order valence-electron chi connectivity index (χ0n) is 8.15. The van der Waals surface area contributed by atoms with Crippen molar-refractivity contribution >= 4 is 34.7 Å². The fourth-order valence-corrected chi connectivity index (χ4v) is 1.45. The Hall–Kier alpha value is -2.15. The number of nitrogens with zero attached hydrogens (tertiary/aromatic N) is 3. The first-order valence-corrected chi connectivity index (χ1v) is 4.89.